The van der Waals surface area contributed by atoms with Crippen LogP contribution in [0, 0.1) is 46.3 Å². The Morgan fingerprint density at radius 2 is 1.44 bits per heavy atom. The van der Waals surface area contributed by atoms with Gasteiger partial charge in [0.2, 0.25) is 0 Å². The van der Waals surface area contributed by atoms with Gasteiger partial charge < -0.3 is 20.1 Å². The number of aliphatic hydroxyl groups is 3. The first-order valence-corrected chi connectivity index (χ1v) is 14.4. The second kappa shape index (κ2) is 9.30. The summed E-state index contributed by atoms with van der Waals surface area (Å²) in [5, 5.41) is 31.7. The third-order valence-electron chi connectivity index (χ3n) is 11.3. The lowest BCUT2D eigenvalue weighted by molar-refractivity contribution is -0.193. The van der Waals surface area contributed by atoms with Crippen LogP contribution in [0.25, 0.3) is 0 Å². The maximum absolute atomic E-state index is 11.4. The molecule has 0 unspecified atom stereocenters. The van der Waals surface area contributed by atoms with Crippen molar-refractivity contribution < 1.29 is 20.1 Å². The minimum Gasteiger partial charge on any atom is -0.390 e. The Hall–Kier alpha value is -0.160. The molecule has 0 amide bonds. The van der Waals surface area contributed by atoms with E-state index in [1.165, 1.54) is 32.1 Å². The number of aliphatic hydroxyl groups excluding tert-OH is 1. The summed E-state index contributed by atoms with van der Waals surface area (Å²) in [4.78, 5) is 0. The van der Waals surface area contributed by atoms with Crippen LogP contribution in [0.3, 0.4) is 0 Å². The number of ether oxygens (including phenoxy) is 1. The largest absolute Gasteiger partial charge is 0.390 e. The van der Waals surface area contributed by atoms with Crippen molar-refractivity contribution in [2.45, 2.75) is 136 Å². The Kier molecular flexibility index (Phi) is 7.35. The molecule has 0 radical (unpaired) electrons. The van der Waals surface area contributed by atoms with Gasteiger partial charge in [-0.3, -0.25) is 0 Å². The number of fused-ring (bicyclic) bond motifs is 5. The standard InChI is InChI=1S/C30H54O4/c1-19(12-15-27(2,3)32)21-10-11-22-20-8-9-24-26(31)25(34-18-28(4,5)33)14-17-30(24,7)23(20)13-16-29(21,22)6/h19-26,31-33H,8-18H2,1-7H3/t19-,20+,21-,22+,23+,24+,25+,26-,29-,30-/m1/s1. The highest BCUT2D eigenvalue weighted by molar-refractivity contribution is 5.11. The van der Waals surface area contributed by atoms with Gasteiger partial charge in [0.1, 0.15) is 0 Å². The van der Waals surface area contributed by atoms with Crippen LogP contribution in [-0.4, -0.2) is 45.3 Å². The lowest BCUT2D eigenvalue weighted by Gasteiger charge is -2.62. The van der Waals surface area contributed by atoms with E-state index in [0.717, 1.165) is 55.8 Å². The molecule has 3 N–H and O–H groups in total. The molecule has 4 nitrogen and oxygen atoms in total. The second-order valence-electron chi connectivity index (χ2n) is 14.8. The van der Waals surface area contributed by atoms with Crippen LogP contribution in [0.15, 0.2) is 0 Å². The first-order valence-electron chi connectivity index (χ1n) is 14.4. The summed E-state index contributed by atoms with van der Waals surface area (Å²) in [6.45, 7) is 15.3. The highest BCUT2D eigenvalue weighted by atomic mass is 16.5. The highest BCUT2D eigenvalue weighted by Crippen LogP contribution is 2.68. The quantitative estimate of drug-likeness (QED) is 0.422. The van der Waals surface area contributed by atoms with E-state index in [1.807, 2.05) is 13.8 Å². The predicted octanol–water partition coefficient (Wildman–Crippen LogP) is 5.96. The molecule has 198 valence electrons. The zero-order valence-electron chi connectivity index (χ0n) is 23.1. The maximum Gasteiger partial charge on any atom is 0.0838 e. The molecule has 4 fully saturated rings. The van der Waals surface area contributed by atoms with Crippen LogP contribution in [-0.2, 0) is 4.74 Å². The fourth-order valence-electron chi connectivity index (χ4n) is 9.55. The van der Waals surface area contributed by atoms with E-state index in [0.29, 0.717) is 17.3 Å². The monoisotopic (exact) mass is 478 g/mol. The van der Waals surface area contributed by atoms with Crippen molar-refractivity contribution in [3.8, 4) is 0 Å². The Labute approximate surface area is 209 Å². The lowest BCUT2D eigenvalue weighted by atomic mass is 9.44. The smallest absolute Gasteiger partial charge is 0.0838 e. The molecule has 0 aromatic heterocycles. The average Bonchev–Trinajstić information content (AvgIpc) is 3.07. The Bertz CT molecular complexity index is 708. The molecule has 4 aliphatic rings. The summed E-state index contributed by atoms with van der Waals surface area (Å²) < 4.78 is 6.04. The highest BCUT2D eigenvalue weighted by Gasteiger charge is 2.62. The minimum absolute atomic E-state index is 0.137. The molecule has 4 aliphatic carbocycles. The molecule has 4 saturated carbocycles. The summed E-state index contributed by atoms with van der Waals surface area (Å²) >= 11 is 0. The molecular weight excluding hydrogens is 424 g/mol. The molecule has 0 spiro atoms. The van der Waals surface area contributed by atoms with Gasteiger partial charge in [0.25, 0.3) is 0 Å². The number of hydrogen-bond donors (Lipinski definition) is 3. The van der Waals surface area contributed by atoms with E-state index in [1.54, 1.807) is 13.8 Å². The van der Waals surface area contributed by atoms with Crippen molar-refractivity contribution in [1.82, 2.24) is 0 Å². The molecular formula is C30H54O4. The van der Waals surface area contributed by atoms with Gasteiger partial charge >= 0.3 is 0 Å². The SMILES string of the molecule is C[C@H](CCC(C)(C)O)[C@H]1CC[C@H]2[C@@H]3CC[C@H]4[C@@H](O)[C@@H](OCC(C)(C)O)CC[C@]4(C)[C@H]3CC[C@]12C. The van der Waals surface area contributed by atoms with Crippen molar-refractivity contribution in [1.29, 1.82) is 0 Å². The van der Waals surface area contributed by atoms with Crippen molar-refractivity contribution in [3.05, 3.63) is 0 Å². The third-order valence-corrected chi connectivity index (χ3v) is 11.3. The number of rotatable bonds is 7. The summed E-state index contributed by atoms with van der Waals surface area (Å²) in [5.74, 6) is 4.12. The molecule has 0 aromatic carbocycles. The molecule has 10 atom stereocenters. The molecule has 0 bridgehead atoms. The van der Waals surface area contributed by atoms with Gasteiger partial charge in [0.15, 0.2) is 0 Å². The molecule has 0 saturated heterocycles. The van der Waals surface area contributed by atoms with Crippen molar-refractivity contribution in [3.63, 3.8) is 0 Å². The van der Waals surface area contributed by atoms with E-state index in [4.69, 9.17) is 4.74 Å². The third kappa shape index (κ3) is 5.00. The van der Waals surface area contributed by atoms with Gasteiger partial charge in [-0.05, 0) is 138 Å². The zero-order chi connectivity index (χ0) is 25.1. The fourth-order valence-corrected chi connectivity index (χ4v) is 9.55. The van der Waals surface area contributed by atoms with E-state index in [9.17, 15) is 15.3 Å². The Morgan fingerprint density at radius 1 is 0.824 bits per heavy atom. The van der Waals surface area contributed by atoms with Crippen molar-refractivity contribution in [2.24, 2.45) is 46.3 Å². The first-order chi connectivity index (χ1) is 15.7. The fraction of sp³-hybridized carbons (Fsp3) is 1.00. The number of hydrogen-bond acceptors (Lipinski definition) is 4. The average molecular weight is 479 g/mol. The van der Waals surface area contributed by atoms with Gasteiger partial charge in [-0.2, -0.15) is 0 Å². The van der Waals surface area contributed by atoms with Gasteiger partial charge in [-0.25, -0.2) is 0 Å². The molecule has 34 heavy (non-hydrogen) atoms. The van der Waals surface area contributed by atoms with Crippen LogP contribution in [0.2, 0.25) is 0 Å². The first kappa shape index (κ1) is 26.9. The zero-order valence-corrected chi connectivity index (χ0v) is 23.1. The van der Waals surface area contributed by atoms with Crippen molar-refractivity contribution >= 4 is 0 Å². The summed E-state index contributed by atoms with van der Waals surface area (Å²) in [6.07, 6.45) is 11.3. The summed E-state index contributed by atoms with van der Waals surface area (Å²) in [7, 11) is 0. The van der Waals surface area contributed by atoms with E-state index in [-0.39, 0.29) is 18.1 Å². The summed E-state index contributed by atoms with van der Waals surface area (Å²) in [5.41, 5.74) is -0.763. The van der Waals surface area contributed by atoms with E-state index in [2.05, 4.69) is 20.8 Å². The second-order valence-corrected chi connectivity index (χ2v) is 14.8. The predicted molar refractivity (Wildman–Crippen MR) is 137 cm³/mol. The van der Waals surface area contributed by atoms with E-state index < -0.39 is 17.3 Å². The summed E-state index contributed by atoms with van der Waals surface area (Å²) in [6, 6.07) is 0. The molecule has 0 aliphatic heterocycles. The van der Waals surface area contributed by atoms with Gasteiger partial charge in [0.05, 0.1) is 30.0 Å². The molecule has 4 heteroatoms. The lowest BCUT2D eigenvalue weighted by Crippen LogP contribution is -2.59. The minimum atomic E-state index is -0.852. The molecule has 4 rings (SSSR count). The van der Waals surface area contributed by atoms with Crippen LogP contribution < -0.4 is 0 Å². The topological polar surface area (TPSA) is 69.9 Å². The van der Waals surface area contributed by atoms with E-state index >= 15 is 0 Å². The normalized spacial score (nSPS) is 45.9. The van der Waals surface area contributed by atoms with Gasteiger partial charge in [-0.15, -0.1) is 0 Å². The van der Waals surface area contributed by atoms with Crippen LogP contribution in [0.4, 0.5) is 0 Å². The van der Waals surface area contributed by atoms with Crippen LogP contribution in [0.1, 0.15) is 113 Å². The van der Waals surface area contributed by atoms with Crippen LogP contribution >= 0.6 is 0 Å². The van der Waals surface area contributed by atoms with Gasteiger partial charge in [0, 0.05) is 0 Å². The maximum atomic E-state index is 11.4. The van der Waals surface area contributed by atoms with Gasteiger partial charge in [-0.1, -0.05) is 20.8 Å². The Balaban J connectivity index is 1.45. The molecule has 0 heterocycles. The van der Waals surface area contributed by atoms with Crippen molar-refractivity contribution in [2.75, 3.05) is 6.61 Å². The molecule has 0 aromatic rings. The Morgan fingerprint density at radius 3 is 2.09 bits per heavy atom. The van der Waals surface area contributed by atoms with Crippen LogP contribution in [0.5, 0.6) is 0 Å².